The number of anilines is 1. The molecular weight excluding hydrogens is 378 g/mol. The van der Waals surface area contributed by atoms with E-state index in [2.05, 4.69) is 15.6 Å². The molecule has 0 bridgehead atoms. The van der Waals surface area contributed by atoms with Gasteiger partial charge in [0.05, 0.1) is 19.8 Å². The van der Waals surface area contributed by atoms with Crippen molar-refractivity contribution in [2.24, 2.45) is 4.99 Å². The quantitative estimate of drug-likeness (QED) is 0.586. The van der Waals surface area contributed by atoms with Crippen LogP contribution in [0.25, 0.3) is 0 Å². The first-order valence-corrected chi connectivity index (χ1v) is 9.57. The number of carbonyl (C=O) groups is 1. The minimum absolute atomic E-state index is 0.0750. The zero-order valence-corrected chi connectivity index (χ0v) is 16.8. The van der Waals surface area contributed by atoms with Crippen LogP contribution in [0.1, 0.15) is 28.8 Å². The van der Waals surface area contributed by atoms with Crippen LogP contribution < -0.4 is 15.4 Å². The maximum absolute atomic E-state index is 12.7. The highest BCUT2D eigenvalue weighted by atomic mass is 35.5. The zero-order chi connectivity index (χ0) is 19.9. The first-order valence-electron chi connectivity index (χ1n) is 9.20. The highest BCUT2D eigenvalue weighted by Gasteiger charge is 2.16. The minimum Gasteiger partial charge on any atom is -0.497 e. The summed E-state index contributed by atoms with van der Waals surface area (Å²) in [4.78, 5) is 17.3. The fourth-order valence-electron chi connectivity index (χ4n) is 2.89. The number of aryl methyl sites for hydroxylation is 1. The Morgan fingerprint density at radius 3 is 2.93 bits per heavy atom. The molecule has 0 unspecified atom stereocenters. The second-order valence-electron chi connectivity index (χ2n) is 6.59. The van der Waals surface area contributed by atoms with E-state index in [1.165, 1.54) is 0 Å². The Hall–Kier alpha value is -2.57. The van der Waals surface area contributed by atoms with Gasteiger partial charge >= 0.3 is 0 Å². The molecule has 28 heavy (non-hydrogen) atoms. The number of nitrogens with one attached hydrogen (secondary N) is 2. The first-order chi connectivity index (χ1) is 13.5. The lowest BCUT2D eigenvalue weighted by molar-refractivity contribution is 0.0975. The molecular formula is C21H24ClN3O3. The second kappa shape index (κ2) is 9.57. The van der Waals surface area contributed by atoms with Crippen LogP contribution in [-0.4, -0.2) is 38.2 Å². The topological polar surface area (TPSA) is 72.0 Å². The zero-order valence-electron chi connectivity index (χ0n) is 16.0. The van der Waals surface area contributed by atoms with E-state index < -0.39 is 0 Å². The number of benzene rings is 2. The molecule has 1 saturated heterocycles. The van der Waals surface area contributed by atoms with Crippen LogP contribution in [0.5, 0.6) is 5.75 Å². The number of halogens is 1. The second-order valence-corrected chi connectivity index (χ2v) is 7.03. The van der Waals surface area contributed by atoms with Gasteiger partial charge in [-0.05, 0) is 55.7 Å². The molecule has 1 heterocycles. The summed E-state index contributed by atoms with van der Waals surface area (Å²) in [7, 11) is 1.56. The van der Waals surface area contributed by atoms with E-state index in [0.717, 1.165) is 30.7 Å². The van der Waals surface area contributed by atoms with Crippen molar-refractivity contribution in [1.82, 2.24) is 5.32 Å². The first kappa shape index (κ1) is 20.2. The summed E-state index contributed by atoms with van der Waals surface area (Å²) in [5, 5.41) is 6.64. The van der Waals surface area contributed by atoms with E-state index in [1.54, 1.807) is 37.4 Å². The number of nitrogens with zero attached hydrogens (tertiary/aromatic N) is 1. The van der Waals surface area contributed by atoms with Crippen molar-refractivity contribution in [2.45, 2.75) is 25.9 Å². The van der Waals surface area contributed by atoms with Crippen molar-refractivity contribution in [1.29, 1.82) is 0 Å². The van der Waals surface area contributed by atoms with Crippen molar-refractivity contribution in [3.8, 4) is 5.75 Å². The predicted molar refractivity (Wildman–Crippen MR) is 112 cm³/mol. The fourth-order valence-corrected chi connectivity index (χ4v) is 3.06. The lowest BCUT2D eigenvalue weighted by atomic mass is 10.2. The van der Waals surface area contributed by atoms with Gasteiger partial charge in [0.1, 0.15) is 5.75 Å². The molecule has 0 saturated carbocycles. The van der Waals surface area contributed by atoms with Gasteiger partial charge in [-0.1, -0.05) is 23.7 Å². The van der Waals surface area contributed by atoms with Crippen molar-refractivity contribution >= 4 is 29.2 Å². The van der Waals surface area contributed by atoms with Gasteiger partial charge in [0.15, 0.2) is 0 Å². The predicted octanol–water partition coefficient (Wildman–Crippen LogP) is 4.03. The smallest absolute Gasteiger partial charge is 0.258 e. The Morgan fingerprint density at radius 1 is 1.32 bits per heavy atom. The molecule has 2 aromatic rings. The lowest BCUT2D eigenvalue weighted by Gasteiger charge is -2.15. The minimum atomic E-state index is -0.280. The molecule has 3 rings (SSSR count). The van der Waals surface area contributed by atoms with Gasteiger partial charge in [-0.25, -0.2) is 4.99 Å². The van der Waals surface area contributed by atoms with Crippen LogP contribution >= 0.6 is 11.6 Å². The summed E-state index contributed by atoms with van der Waals surface area (Å²) >= 11 is 6.11. The standard InChI is InChI=1S/C21H24ClN3O3/c1-14-8-9-16(22)12-19(14)24-21(23-13-18-7-4-10-28-18)25-20(26)15-5-3-6-17(11-15)27-2/h3,5-6,8-9,11-12,18H,4,7,10,13H2,1-2H3,(H2,23,24,25,26)/t18-/m0/s1. The lowest BCUT2D eigenvalue weighted by Crippen LogP contribution is -2.37. The molecule has 0 aliphatic carbocycles. The monoisotopic (exact) mass is 401 g/mol. The molecule has 1 amide bonds. The van der Waals surface area contributed by atoms with Gasteiger partial charge in [-0.2, -0.15) is 0 Å². The molecule has 0 radical (unpaired) electrons. The van der Waals surface area contributed by atoms with Crippen LogP contribution in [0.4, 0.5) is 5.69 Å². The third-order valence-electron chi connectivity index (χ3n) is 4.49. The average molecular weight is 402 g/mol. The highest BCUT2D eigenvalue weighted by molar-refractivity contribution is 6.31. The number of rotatable bonds is 5. The molecule has 1 aliphatic heterocycles. The third kappa shape index (κ3) is 5.47. The van der Waals surface area contributed by atoms with Crippen molar-refractivity contribution in [3.05, 3.63) is 58.6 Å². The molecule has 7 heteroatoms. The Morgan fingerprint density at radius 2 is 2.18 bits per heavy atom. The van der Waals surface area contributed by atoms with Crippen LogP contribution in [0.3, 0.4) is 0 Å². The van der Waals surface area contributed by atoms with E-state index in [9.17, 15) is 4.79 Å². The number of carbonyl (C=O) groups excluding carboxylic acids is 1. The molecule has 148 valence electrons. The van der Waals surface area contributed by atoms with Gasteiger partial charge in [0, 0.05) is 22.9 Å². The normalized spacial score (nSPS) is 16.7. The Labute approximate surface area is 169 Å². The summed E-state index contributed by atoms with van der Waals surface area (Å²) in [5.74, 6) is 0.690. The number of amides is 1. The summed E-state index contributed by atoms with van der Waals surface area (Å²) < 4.78 is 10.8. The fraction of sp³-hybridized carbons (Fsp3) is 0.333. The van der Waals surface area contributed by atoms with Crippen molar-refractivity contribution < 1.29 is 14.3 Å². The molecule has 2 N–H and O–H groups in total. The maximum atomic E-state index is 12.7. The Kier molecular flexibility index (Phi) is 6.90. The van der Waals surface area contributed by atoms with Crippen LogP contribution in [-0.2, 0) is 4.74 Å². The molecule has 0 spiro atoms. The summed E-state index contributed by atoms with van der Waals surface area (Å²) in [5.41, 5.74) is 2.25. The van der Waals surface area contributed by atoms with Gasteiger partial charge in [0.2, 0.25) is 5.96 Å². The number of hydrogen-bond donors (Lipinski definition) is 2. The highest BCUT2D eigenvalue weighted by Crippen LogP contribution is 2.20. The average Bonchev–Trinajstić information content (AvgIpc) is 3.22. The van der Waals surface area contributed by atoms with E-state index in [-0.39, 0.29) is 12.0 Å². The number of methoxy groups -OCH3 is 1. The van der Waals surface area contributed by atoms with Crippen LogP contribution in [0.2, 0.25) is 5.02 Å². The van der Waals surface area contributed by atoms with E-state index in [0.29, 0.717) is 28.8 Å². The SMILES string of the molecule is COc1cccc(C(=O)NC(=NC[C@@H]2CCCO2)Nc2cc(Cl)ccc2C)c1. The number of guanidine groups is 1. The molecule has 2 aromatic carbocycles. The Balaban J connectivity index is 1.79. The third-order valence-corrected chi connectivity index (χ3v) is 4.73. The Bertz CT molecular complexity index is 864. The number of aliphatic imine (C=N–C) groups is 1. The molecule has 1 atom stereocenters. The maximum Gasteiger partial charge on any atom is 0.258 e. The molecule has 1 aliphatic rings. The van der Waals surface area contributed by atoms with Gasteiger partial charge in [-0.3, -0.25) is 10.1 Å². The van der Waals surface area contributed by atoms with Crippen molar-refractivity contribution in [3.63, 3.8) is 0 Å². The number of ether oxygens (including phenoxy) is 2. The molecule has 6 nitrogen and oxygen atoms in total. The largest absolute Gasteiger partial charge is 0.497 e. The van der Waals surface area contributed by atoms with E-state index in [4.69, 9.17) is 21.1 Å². The van der Waals surface area contributed by atoms with Crippen LogP contribution in [0.15, 0.2) is 47.5 Å². The van der Waals surface area contributed by atoms with Gasteiger partial charge in [0.25, 0.3) is 5.91 Å². The molecule has 0 aromatic heterocycles. The van der Waals surface area contributed by atoms with Crippen molar-refractivity contribution in [2.75, 3.05) is 25.6 Å². The summed E-state index contributed by atoms with van der Waals surface area (Å²) in [6.07, 6.45) is 2.08. The van der Waals surface area contributed by atoms with Crippen LogP contribution in [0, 0.1) is 6.92 Å². The van der Waals surface area contributed by atoms with E-state index >= 15 is 0 Å². The summed E-state index contributed by atoms with van der Waals surface area (Å²) in [6, 6.07) is 12.5. The van der Waals surface area contributed by atoms with Gasteiger partial charge < -0.3 is 14.8 Å². The van der Waals surface area contributed by atoms with E-state index in [1.807, 2.05) is 19.1 Å². The summed E-state index contributed by atoms with van der Waals surface area (Å²) in [6.45, 7) is 3.19. The number of hydrogen-bond acceptors (Lipinski definition) is 4. The molecule has 1 fully saturated rings. The van der Waals surface area contributed by atoms with Gasteiger partial charge in [-0.15, -0.1) is 0 Å².